The quantitative estimate of drug-likeness (QED) is 0.145. The lowest BCUT2D eigenvalue weighted by Gasteiger charge is -2.39. The molecule has 190 valence electrons. The number of benzene rings is 4. The van der Waals surface area contributed by atoms with Gasteiger partial charge in [0, 0.05) is 5.56 Å². The summed E-state index contributed by atoms with van der Waals surface area (Å²) in [5.74, 6) is -0.306. The highest BCUT2D eigenvalue weighted by molar-refractivity contribution is 6.62. The Morgan fingerprint density at radius 2 is 1.11 bits per heavy atom. The summed E-state index contributed by atoms with van der Waals surface area (Å²) in [4.78, 5) is 14.0. The predicted octanol–water partition coefficient (Wildman–Crippen LogP) is 6.02. The van der Waals surface area contributed by atoms with Crippen LogP contribution < -0.4 is 10.2 Å². The summed E-state index contributed by atoms with van der Waals surface area (Å²) in [6.07, 6.45) is 0. The average Bonchev–Trinajstić information content (AvgIpc) is 3.37. The molecule has 0 bridgehead atoms. The molecular weight excluding hydrogens is 471 g/mol. The molecule has 2 aliphatic rings. The first-order valence-corrected chi connectivity index (χ1v) is 13.1. The second kappa shape index (κ2) is 8.97. The van der Waals surface area contributed by atoms with Gasteiger partial charge in [-0.2, -0.15) is 0 Å². The van der Waals surface area contributed by atoms with Gasteiger partial charge >= 0.3 is 13.1 Å². The maximum atomic E-state index is 14.0. The zero-order valence-electron chi connectivity index (χ0n) is 22.2. The van der Waals surface area contributed by atoms with Crippen molar-refractivity contribution in [2.75, 3.05) is 0 Å². The van der Waals surface area contributed by atoms with Crippen LogP contribution in [-0.2, 0) is 19.5 Å². The van der Waals surface area contributed by atoms with E-state index in [0.717, 1.165) is 27.7 Å². The third-order valence-corrected chi connectivity index (χ3v) is 8.44. The van der Waals surface area contributed by atoms with E-state index in [9.17, 15) is 4.79 Å². The van der Waals surface area contributed by atoms with Crippen molar-refractivity contribution in [1.29, 1.82) is 0 Å². The molecule has 0 N–H and O–H groups in total. The van der Waals surface area contributed by atoms with Gasteiger partial charge in [-0.1, -0.05) is 103 Å². The van der Waals surface area contributed by atoms with E-state index in [0.29, 0.717) is 5.75 Å². The fraction of sp³-hybridized carbons (Fsp3) is 0.242. The molecule has 1 saturated heterocycles. The van der Waals surface area contributed by atoms with E-state index in [2.05, 4.69) is 36.4 Å². The van der Waals surface area contributed by atoms with Crippen LogP contribution in [0.2, 0.25) is 0 Å². The molecule has 1 unspecified atom stereocenters. The fourth-order valence-corrected chi connectivity index (χ4v) is 5.81. The minimum atomic E-state index is -0.794. The monoisotopic (exact) mass is 502 g/mol. The van der Waals surface area contributed by atoms with Crippen LogP contribution in [0.25, 0.3) is 0 Å². The smallest absolute Gasteiger partial charge is 0.426 e. The summed E-state index contributed by atoms with van der Waals surface area (Å²) in [6.45, 7) is 8.13. The fourth-order valence-electron chi connectivity index (χ4n) is 5.81. The molecule has 6 rings (SSSR count). The molecule has 5 heteroatoms. The van der Waals surface area contributed by atoms with Crippen molar-refractivity contribution in [1.82, 2.24) is 0 Å². The Morgan fingerprint density at radius 3 is 1.55 bits per heavy atom. The van der Waals surface area contributed by atoms with Gasteiger partial charge in [-0.25, -0.2) is 0 Å². The van der Waals surface area contributed by atoms with E-state index < -0.39 is 29.7 Å². The lowest BCUT2D eigenvalue weighted by molar-refractivity contribution is -0.135. The Labute approximate surface area is 224 Å². The van der Waals surface area contributed by atoms with Gasteiger partial charge in [0.05, 0.1) is 16.6 Å². The predicted molar refractivity (Wildman–Crippen MR) is 150 cm³/mol. The van der Waals surface area contributed by atoms with Gasteiger partial charge in [-0.05, 0) is 55.9 Å². The normalized spacial score (nSPS) is 19.7. The molecular formula is C33H31BO4. The number of ether oxygens (including phenoxy) is 1. The Balaban J connectivity index is 1.54. The van der Waals surface area contributed by atoms with Gasteiger partial charge < -0.3 is 14.0 Å². The SMILES string of the molecule is CC1(C)OB(c2ccc3c(c2)OC(=O)C3C(c2ccccc2)(c2ccccc2)c2ccccc2)OC1(C)C. The molecule has 0 saturated carbocycles. The largest absolute Gasteiger partial charge is 0.494 e. The second-order valence-electron chi connectivity index (χ2n) is 11.1. The van der Waals surface area contributed by atoms with Crippen molar-refractivity contribution in [2.45, 2.75) is 50.2 Å². The molecule has 4 aromatic rings. The molecule has 0 spiro atoms. The lowest BCUT2D eigenvalue weighted by Crippen LogP contribution is -2.41. The van der Waals surface area contributed by atoms with E-state index in [1.807, 2.05) is 100 Å². The number of carbonyl (C=O) groups excluding carboxylic acids is 1. The number of hydrogen-bond acceptors (Lipinski definition) is 4. The zero-order chi connectivity index (χ0) is 26.5. The molecule has 0 radical (unpaired) electrons. The van der Waals surface area contributed by atoms with Crippen molar-refractivity contribution < 1.29 is 18.8 Å². The highest BCUT2D eigenvalue weighted by atomic mass is 16.7. The van der Waals surface area contributed by atoms with Crippen molar-refractivity contribution in [3.05, 3.63) is 131 Å². The van der Waals surface area contributed by atoms with Crippen molar-refractivity contribution in [3.8, 4) is 5.75 Å². The van der Waals surface area contributed by atoms with Crippen LogP contribution in [0.15, 0.2) is 109 Å². The number of carbonyl (C=O) groups is 1. The Morgan fingerprint density at radius 1 is 0.658 bits per heavy atom. The molecule has 2 heterocycles. The summed E-state index contributed by atoms with van der Waals surface area (Å²) in [6, 6.07) is 36.7. The summed E-state index contributed by atoms with van der Waals surface area (Å²) in [5.41, 5.74) is 3.06. The van der Waals surface area contributed by atoms with Gasteiger partial charge in [-0.3, -0.25) is 4.79 Å². The highest BCUT2D eigenvalue weighted by Gasteiger charge is 2.54. The summed E-state index contributed by atoms with van der Waals surface area (Å²) < 4.78 is 18.6. The van der Waals surface area contributed by atoms with Gasteiger partial charge in [0.2, 0.25) is 0 Å². The summed E-state index contributed by atoms with van der Waals surface area (Å²) >= 11 is 0. The molecule has 2 aliphatic heterocycles. The zero-order valence-corrected chi connectivity index (χ0v) is 22.2. The van der Waals surface area contributed by atoms with E-state index in [-0.39, 0.29) is 5.97 Å². The van der Waals surface area contributed by atoms with Gasteiger partial charge in [0.25, 0.3) is 0 Å². The maximum absolute atomic E-state index is 14.0. The summed E-state index contributed by atoms with van der Waals surface area (Å²) in [7, 11) is -0.537. The molecule has 0 aromatic heterocycles. The number of fused-ring (bicyclic) bond motifs is 1. The molecule has 0 aliphatic carbocycles. The number of esters is 1. The van der Waals surface area contributed by atoms with Crippen molar-refractivity contribution in [2.24, 2.45) is 0 Å². The van der Waals surface area contributed by atoms with Crippen molar-refractivity contribution >= 4 is 18.6 Å². The molecule has 4 nitrogen and oxygen atoms in total. The molecule has 1 fully saturated rings. The van der Waals surface area contributed by atoms with Gasteiger partial charge in [0.15, 0.2) is 0 Å². The molecule has 38 heavy (non-hydrogen) atoms. The van der Waals surface area contributed by atoms with Gasteiger partial charge in [-0.15, -0.1) is 0 Å². The third-order valence-electron chi connectivity index (χ3n) is 8.44. The second-order valence-corrected chi connectivity index (χ2v) is 11.1. The standard InChI is InChI=1S/C33H31BO4/c1-31(2)32(3,4)38-34(37-31)26-20-21-27-28(22-26)36-30(35)29(27)33(23-14-8-5-9-15-23,24-16-10-6-11-17-24)25-18-12-7-13-19-25/h5-22,29H,1-4H3. The maximum Gasteiger partial charge on any atom is 0.494 e. The Bertz CT molecular complexity index is 1350. The topological polar surface area (TPSA) is 44.8 Å². The van der Waals surface area contributed by atoms with E-state index in [4.69, 9.17) is 14.0 Å². The average molecular weight is 502 g/mol. The van der Waals surface area contributed by atoms with Crippen LogP contribution in [0.3, 0.4) is 0 Å². The van der Waals surface area contributed by atoms with Crippen LogP contribution in [0.5, 0.6) is 5.75 Å². The first kappa shape index (κ1) is 24.7. The minimum absolute atomic E-state index is 0.275. The number of rotatable bonds is 5. The van der Waals surface area contributed by atoms with Crippen LogP contribution in [0.1, 0.15) is 55.9 Å². The lowest BCUT2D eigenvalue weighted by atomic mass is 9.60. The summed E-state index contributed by atoms with van der Waals surface area (Å²) in [5, 5.41) is 0. The molecule has 4 aromatic carbocycles. The highest BCUT2D eigenvalue weighted by Crippen LogP contribution is 2.54. The minimum Gasteiger partial charge on any atom is -0.426 e. The Kier molecular flexibility index (Phi) is 5.82. The third kappa shape index (κ3) is 3.72. The molecule has 0 amide bonds. The van der Waals surface area contributed by atoms with Crippen LogP contribution in [0, 0.1) is 0 Å². The first-order chi connectivity index (χ1) is 18.2. The van der Waals surface area contributed by atoms with E-state index in [1.165, 1.54) is 0 Å². The molecule has 1 atom stereocenters. The van der Waals surface area contributed by atoms with Gasteiger partial charge in [0.1, 0.15) is 11.7 Å². The van der Waals surface area contributed by atoms with Crippen LogP contribution in [-0.4, -0.2) is 24.3 Å². The van der Waals surface area contributed by atoms with Crippen molar-refractivity contribution in [3.63, 3.8) is 0 Å². The van der Waals surface area contributed by atoms with E-state index in [1.54, 1.807) is 0 Å². The first-order valence-electron chi connectivity index (χ1n) is 13.1. The number of hydrogen-bond donors (Lipinski definition) is 0. The Hall–Kier alpha value is -3.67. The van der Waals surface area contributed by atoms with Crippen LogP contribution in [0.4, 0.5) is 0 Å². The van der Waals surface area contributed by atoms with E-state index >= 15 is 0 Å². The van der Waals surface area contributed by atoms with Crippen LogP contribution >= 0.6 is 0 Å².